The van der Waals surface area contributed by atoms with Crippen molar-refractivity contribution in [3.63, 3.8) is 0 Å². The fourth-order valence-corrected chi connectivity index (χ4v) is 8.34. The second-order valence-corrected chi connectivity index (χ2v) is 13.5. The lowest BCUT2D eigenvalue weighted by Crippen LogP contribution is -2.60. The van der Waals surface area contributed by atoms with Crippen molar-refractivity contribution < 1.29 is 17.9 Å². The van der Waals surface area contributed by atoms with Crippen molar-refractivity contribution in [2.45, 2.75) is 63.2 Å². The Morgan fingerprint density at radius 3 is 2.50 bits per heavy atom. The van der Waals surface area contributed by atoms with E-state index in [0.717, 1.165) is 11.1 Å². The average molecular weight is 707 g/mol. The summed E-state index contributed by atoms with van der Waals surface area (Å²) in [5, 5.41) is 4.79. The van der Waals surface area contributed by atoms with Gasteiger partial charge in [-0.3, -0.25) is 4.79 Å². The van der Waals surface area contributed by atoms with E-state index in [0.29, 0.717) is 42.8 Å². The highest BCUT2D eigenvalue weighted by atomic mass is 35.5. The monoisotopic (exact) mass is 704 g/mol. The van der Waals surface area contributed by atoms with Gasteiger partial charge in [-0.2, -0.15) is 9.41 Å². The molecule has 15 heteroatoms. The van der Waals surface area contributed by atoms with Gasteiger partial charge in [-0.05, 0) is 57.9 Å². The van der Waals surface area contributed by atoms with Crippen molar-refractivity contribution in [1.29, 1.82) is 0 Å². The number of halogens is 4. The normalized spacial score (nSPS) is 20.9. The molecule has 3 aromatic rings. The van der Waals surface area contributed by atoms with Crippen LogP contribution in [0.1, 0.15) is 37.9 Å². The lowest BCUT2D eigenvalue weighted by Gasteiger charge is -2.44. The third kappa shape index (κ3) is 6.98. The first-order chi connectivity index (χ1) is 20.0. The fourth-order valence-electron chi connectivity index (χ4n) is 5.82. The molecule has 0 aliphatic carbocycles. The number of para-hydroxylation sites is 1. The van der Waals surface area contributed by atoms with Crippen molar-refractivity contribution in [2.75, 3.05) is 19.6 Å². The number of sulfonamides is 1. The van der Waals surface area contributed by atoms with Gasteiger partial charge in [0, 0.05) is 53.4 Å². The number of carbonyl (C=O) groups excluding carboxylic acids is 1. The number of piperazine rings is 1. The summed E-state index contributed by atoms with van der Waals surface area (Å²) in [6, 6.07) is 11.5. The number of aryl methyl sites for hydroxylation is 1. The molecule has 2 aliphatic rings. The molecule has 1 amide bonds. The van der Waals surface area contributed by atoms with Crippen LogP contribution in [-0.2, 0) is 21.4 Å². The van der Waals surface area contributed by atoms with Crippen LogP contribution in [0.2, 0.25) is 10.0 Å². The number of hydrogen-bond donors (Lipinski definition) is 1. The topological polar surface area (TPSA) is 121 Å². The van der Waals surface area contributed by atoms with Crippen molar-refractivity contribution in [3.8, 4) is 5.75 Å². The Hall–Kier alpha value is -2.54. The Balaban J connectivity index is 0.00000264. The van der Waals surface area contributed by atoms with E-state index in [4.69, 9.17) is 33.8 Å². The number of ether oxygens (including phenoxy) is 1. The number of benzene rings is 2. The first kappa shape index (κ1) is 35.9. The van der Waals surface area contributed by atoms with Crippen LogP contribution < -0.4 is 10.6 Å². The zero-order valence-electron chi connectivity index (χ0n) is 24.5. The summed E-state index contributed by atoms with van der Waals surface area (Å²) < 4.78 is 35.4. The highest BCUT2D eigenvalue weighted by Gasteiger charge is 2.43. The number of hydrogen-bond acceptors (Lipinski definition) is 7. The molecule has 2 unspecified atom stereocenters. The first-order valence-corrected chi connectivity index (χ1v) is 16.0. The van der Waals surface area contributed by atoms with Gasteiger partial charge in [0.1, 0.15) is 35.1 Å². The van der Waals surface area contributed by atoms with E-state index in [9.17, 15) is 13.2 Å². The summed E-state index contributed by atoms with van der Waals surface area (Å²) in [5.74, 6) is 5.67. The van der Waals surface area contributed by atoms with E-state index in [-0.39, 0.29) is 70.9 Å². The third-order valence-corrected chi connectivity index (χ3v) is 10.8. The predicted molar refractivity (Wildman–Crippen MR) is 179 cm³/mol. The first-order valence-electron chi connectivity index (χ1n) is 13.8. The van der Waals surface area contributed by atoms with Crippen molar-refractivity contribution in [2.24, 2.45) is 10.9 Å². The predicted octanol–water partition coefficient (Wildman–Crippen LogP) is 5.25. The largest absolute Gasteiger partial charge is 0.487 e. The van der Waals surface area contributed by atoms with E-state index in [2.05, 4.69) is 10.1 Å². The van der Waals surface area contributed by atoms with E-state index in [1.807, 2.05) is 49.9 Å². The summed E-state index contributed by atoms with van der Waals surface area (Å²) in [4.78, 5) is 21.9. The number of fused-ring (bicyclic) bond motifs is 1. The molecule has 0 saturated carbocycles. The smallest absolute Gasteiger partial charge is 0.245 e. The molecule has 3 atom stereocenters. The van der Waals surface area contributed by atoms with Crippen molar-refractivity contribution in [1.82, 2.24) is 19.1 Å². The standard InChI is InChI=1S/C29H34Cl2N6O4S.2ClH/c1-18-9-10-21-6-4-8-25(28(21)34-18)41-16-22-23(30)11-12-26(27(22)31)42(39,40)37-13-5-7-24(37)29(38)35-14-19(2)36(17-33-32)20(3)15-35;;/h4,6,8-12,17,19-20,24H,5,7,13-16,32H2,1-3H3;2*1H/t19?,20?,24-;;/m0../s1. The van der Waals surface area contributed by atoms with Crippen LogP contribution in [0.15, 0.2) is 52.5 Å². The summed E-state index contributed by atoms with van der Waals surface area (Å²) in [6.45, 7) is 6.88. The maximum absolute atomic E-state index is 14.0. The second-order valence-electron chi connectivity index (χ2n) is 10.8. The number of carbonyl (C=O) groups is 1. The van der Waals surface area contributed by atoms with Gasteiger partial charge in [0.15, 0.2) is 0 Å². The van der Waals surface area contributed by atoms with E-state index in [1.165, 1.54) is 16.4 Å². The summed E-state index contributed by atoms with van der Waals surface area (Å²) in [6.07, 6.45) is 2.57. The molecule has 10 nitrogen and oxygen atoms in total. The Kier molecular flexibility index (Phi) is 12.0. The molecule has 2 N–H and O–H groups in total. The SMILES string of the molecule is Cc1ccc2cccc(OCc3c(Cl)ccc(S(=O)(=O)N4CCC[C@H]4C(=O)N4CC(C)N(C=NN)C(C)C4)c3Cl)c2n1.Cl.Cl. The lowest BCUT2D eigenvalue weighted by atomic mass is 10.1. The van der Waals surface area contributed by atoms with Gasteiger partial charge in [-0.1, -0.05) is 41.4 Å². The van der Waals surface area contributed by atoms with Gasteiger partial charge in [0.25, 0.3) is 0 Å². The molecule has 2 fully saturated rings. The maximum Gasteiger partial charge on any atom is 0.245 e. The molecular formula is C29H36Cl4N6O4S. The van der Waals surface area contributed by atoms with Gasteiger partial charge in [0.05, 0.1) is 5.02 Å². The Labute approximate surface area is 280 Å². The van der Waals surface area contributed by atoms with Crippen LogP contribution in [0, 0.1) is 6.92 Å². The van der Waals surface area contributed by atoms with Gasteiger partial charge in [0.2, 0.25) is 15.9 Å². The average Bonchev–Trinajstić information content (AvgIpc) is 3.45. The molecule has 0 radical (unpaired) electrons. The molecule has 0 bridgehead atoms. The Morgan fingerprint density at radius 1 is 1.11 bits per heavy atom. The van der Waals surface area contributed by atoms with Crippen molar-refractivity contribution >= 4 is 81.2 Å². The maximum atomic E-state index is 14.0. The summed E-state index contributed by atoms with van der Waals surface area (Å²) >= 11 is 13.2. The minimum absolute atomic E-state index is 0. The minimum atomic E-state index is -4.13. The molecule has 2 aliphatic heterocycles. The zero-order chi connectivity index (χ0) is 30.2. The quantitative estimate of drug-likeness (QED) is 0.154. The number of amides is 1. The number of rotatable bonds is 7. The molecular weight excluding hydrogens is 670 g/mol. The third-order valence-electron chi connectivity index (χ3n) is 7.92. The highest BCUT2D eigenvalue weighted by molar-refractivity contribution is 7.89. The molecule has 5 rings (SSSR count). The Morgan fingerprint density at radius 2 is 1.82 bits per heavy atom. The second kappa shape index (κ2) is 14.7. The van der Waals surface area contributed by atoms with Crippen LogP contribution in [-0.4, -0.2) is 77.5 Å². The highest BCUT2D eigenvalue weighted by Crippen LogP contribution is 2.37. The summed E-state index contributed by atoms with van der Waals surface area (Å²) in [7, 11) is -4.13. The number of hydrazone groups is 1. The van der Waals surface area contributed by atoms with Gasteiger partial charge in [-0.15, -0.1) is 24.8 Å². The van der Waals surface area contributed by atoms with E-state index >= 15 is 0 Å². The fraction of sp³-hybridized carbons (Fsp3) is 0.414. The number of nitrogens with zero attached hydrogens (tertiary/aromatic N) is 5. The van der Waals surface area contributed by atoms with Crippen LogP contribution in [0.4, 0.5) is 0 Å². The number of nitrogens with two attached hydrogens (primary N) is 1. The van der Waals surface area contributed by atoms with Crippen LogP contribution in [0.25, 0.3) is 10.9 Å². The molecule has 2 aromatic carbocycles. The van der Waals surface area contributed by atoms with Gasteiger partial charge >= 0.3 is 0 Å². The molecule has 0 spiro atoms. The van der Waals surface area contributed by atoms with Crippen LogP contribution in [0.3, 0.4) is 0 Å². The molecule has 3 heterocycles. The van der Waals surface area contributed by atoms with Crippen LogP contribution in [0.5, 0.6) is 5.75 Å². The van der Waals surface area contributed by atoms with E-state index < -0.39 is 16.1 Å². The van der Waals surface area contributed by atoms with Gasteiger partial charge < -0.3 is 20.4 Å². The lowest BCUT2D eigenvalue weighted by molar-refractivity contribution is -0.137. The minimum Gasteiger partial charge on any atom is -0.487 e. The molecule has 2 saturated heterocycles. The van der Waals surface area contributed by atoms with Gasteiger partial charge in [-0.25, -0.2) is 13.4 Å². The number of aromatic nitrogens is 1. The molecule has 240 valence electrons. The number of pyridine rings is 1. The molecule has 44 heavy (non-hydrogen) atoms. The van der Waals surface area contributed by atoms with Crippen molar-refractivity contribution in [3.05, 3.63) is 63.8 Å². The van der Waals surface area contributed by atoms with Crippen LogP contribution >= 0.6 is 48.0 Å². The molecule has 1 aromatic heterocycles. The Bertz CT molecular complexity index is 1630. The van der Waals surface area contributed by atoms with E-state index in [1.54, 1.807) is 17.3 Å². The zero-order valence-corrected chi connectivity index (χ0v) is 28.5. The summed E-state index contributed by atoms with van der Waals surface area (Å²) in [5.41, 5.74) is 1.87.